The molecule has 0 spiro atoms. The molecule has 0 fully saturated rings. The smallest absolute Gasteiger partial charge is 0.224 e. The van der Waals surface area contributed by atoms with Crippen LogP contribution in [-0.2, 0) is 4.79 Å². The van der Waals surface area contributed by atoms with Crippen LogP contribution in [0.4, 0.5) is 11.4 Å². The topological polar surface area (TPSA) is 58.5 Å². The van der Waals surface area contributed by atoms with E-state index in [0.717, 1.165) is 29.4 Å². The van der Waals surface area contributed by atoms with Crippen LogP contribution < -0.4 is 5.32 Å². The lowest BCUT2D eigenvalue weighted by Gasteiger charge is -2.08. The number of carbonyl (C=O) groups excluding carboxylic acids is 1. The van der Waals surface area contributed by atoms with Crippen LogP contribution in [0.3, 0.4) is 0 Å². The predicted molar refractivity (Wildman–Crippen MR) is 72.9 cm³/mol. The summed E-state index contributed by atoms with van der Waals surface area (Å²) in [6.45, 7) is 1.84. The van der Waals surface area contributed by atoms with Gasteiger partial charge in [0.25, 0.3) is 0 Å². The largest absolute Gasteiger partial charge is 0.326 e. The Kier molecular flexibility index (Phi) is 5.83. The lowest BCUT2D eigenvalue weighted by atomic mass is 10.1. The third-order valence-electron chi connectivity index (χ3n) is 2.38. The first-order chi connectivity index (χ1) is 8.17. The Labute approximate surface area is 109 Å². The van der Waals surface area contributed by atoms with Gasteiger partial charge in [0.05, 0.1) is 0 Å². The summed E-state index contributed by atoms with van der Waals surface area (Å²) < 4.78 is 0. The summed E-state index contributed by atoms with van der Waals surface area (Å²) in [4.78, 5) is 21.9. The highest BCUT2D eigenvalue weighted by molar-refractivity contribution is 9.09. The molecule has 1 rings (SSSR count). The molecule has 0 aliphatic rings. The maximum atomic E-state index is 11.6. The summed E-state index contributed by atoms with van der Waals surface area (Å²) in [5.74, 6) is 0.000798. The molecule has 0 aliphatic carbocycles. The molecule has 0 atom stereocenters. The van der Waals surface area contributed by atoms with Crippen molar-refractivity contribution >= 4 is 33.2 Å². The van der Waals surface area contributed by atoms with E-state index in [9.17, 15) is 9.70 Å². The van der Waals surface area contributed by atoms with Crippen molar-refractivity contribution in [1.29, 1.82) is 0 Å². The Morgan fingerprint density at radius 2 is 2.18 bits per heavy atom. The van der Waals surface area contributed by atoms with E-state index in [-0.39, 0.29) is 5.91 Å². The molecular weight excluding hydrogens is 284 g/mol. The number of hydrogen-bond donors (Lipinski definition) is 1. The Morgan fingerprint density at radius 3 is 2.76 bits per heavy atom. The number of carbonyl (C=O) groups is 1. The van der Waals surface area contributed by atoms with Crippen molar-refractivity contribution < 1.29 is 4.79 Å². The summed E-state index contributed by atoms with van der Waals surface area (Å²) in [5, 5.41) is 6.58. The zero-order valence-electron chi connectivity index (χ0n) is 9.70. The average molecular weight is 299 g/mol. The van der Waals surface area contributed by atoms with E-state index in [1.807, 2.05) is 6.92 Å². The van der Waals surface area contributed by atoms with Gasteiger partial charge in [0.1, 0.15) is 5.69 Å². The van der Waals surface area contributed by atoms with Crippen LogP contribution in [0.5, 0.6) is 0 Å². The molecule has 0 radical (unpaired) electrons. The van der Waals surface area contributed by atoms with Crippen LogP contribution in [0.15, 0.2) is 23.4 Å². The number of unbranched alkanes of at least 4 members (excludes halogenated alkanes) is 1. The number of alkyl halides is 1. The minimum atomic E-state index is 0.000798. The summed E-state index contributed by atoms with van der Waals surface area (Å²) in [5.41, 5.74) is 1.96. The molecule has 0 saturated carbocycles. The number of rotatable bonds is 6. The molecule has 0 aliphatic heterocycles. The second kappa shape index (κ2) is 7.17. The predicted octanol–water partition coefficient (Wildman–Crippen LogP) is 3.90. The van der Waals surface area contributed by atoms with Gasteiger partial charge in [-0.15, -0.1) is 4.91 Å². The molecule has 1 amide bonds. The molecule has 0 unspecified atom stereocenters. The molecule has 1 aromatic rings. The van der Waals surface area contributed by atoms with Crippen molar-refractivity contribution in [2.24, 2.45) is 5.18 Å². The molecule has 0 saturated heterocycles. The number of nitrogens with zero attached hydrogens (tertiary/aromatic N) is 1. The van der Waals surface area contributed by atoms with Crippen LogP contribution in [0.25, 0.3) is 0 Å². The quantitative estimate of drug-likeness (QED) is 0.492. The van der Waals surface area contributed by atoms with E-state index in [1.54, 1.807) is 18.2 Å². The first-order valence-corrected chi connectivity index (χ1v) is 6.59. The zero-order chi connectivity index (χ0) is 12.7. The molecule has 1 aromatic carbocycles. The molecule has 0 bridgehead atoms. The van der Waals surface area contributed by atoms with Crippen LogP contribution in [-0.4, -0.2) is 11.2 Å². The number of nitrogens with one attached hydrogen (secondary N) is 1. The van der Waals surface area contributed by atoms with E-state index in [0.29, 0.717) is 12.1 Å². The number of amides is 1. The summed E-state index contributed by atoms with van der Waals surface area (Å²) in [6.07, 6.45) is 2.36. The maximum absolute atomic E-state index is 11.6. The number of benzene rings is 1. The van der Waals surface area contributed by atoms with Crippen molar-refractivity contribution in [1.82, 2.24) is 0 Å². The van der Waals surface area contributed by atoms with Crippen LogP contribution in [0.2, 0.25) is 0 Å². The normalized spacial score (nSPS) is 10.0. The fraction of sp³-hybridized carbons (Fsp3) is 0.417. The van der Waals surface area contributed by atoms with E-state index >= 15 is 0 Å². The van der Waals surface area contributed by atoms with E-state index in [1.165, 1.54) is 0 Å². The second-order valence-corrected chi connectivity index (χ2v) is 4.58. The summed E-state index contributed by atoms with van der Waals surface area (Å²) in [7, 11) is 0. The van der Waals surface area contributed by atoms with Gasteiger partial charge in [-0.3, -0.25) is 4.79 Å². The van der Waals surface area contributed by atoms with Crippen LogP contribution >= 0.6 is 15.9 Å². The number of anilines is 1. The number of nitroso groups, excluding NO2 is 1. The van der Waals surface area contributed by atoms with Crippen LogP contribution in [0.1, 0.15) is 24.8 Å². The molecule has 4 nitrogen and oxygen atoms in total. The minimum absolute atomic E-state index is 0.000798. The van der Waals surface area contributed by atoms with E-state index < -0.39 is 0 Å². The van der Waals surface area contributed by atoms with Gasteiger partial charge in [-0.05, 0) is 48.7 Å². The Morgan fingerprint density at radius 1 is 1.41 bits per heavy atom. The SMILES string of the molecule is Cc1cc(N=O)ccc1NC(=O)CCCCBr. The maximum Gasteiger partial charge on any atom is 0.224 e. The van der Waals surface area contributed by atoms with Gasteiger partial charge >= 0.3 is 0 Å². The van der Waals surface area contributed by atoms with Gasteiger partial charge in [0.15, 0.2) is 0 Å². The Bertz CT molecular complexity index is 407. The van der Waals surface area contributed by atoms with Crippen molar-refractivity contribution in [2.75, 3.05) is 10.6 Å². The van der Waals surface area contributed by atoms with Gasteiger partial charge < -0.3 is 5.32 Å². The molecule has 1 N–H and O–H groups in total. The molecule has 0 aromatic heterocycles. The van der Waals surface area contributed by atoms with Crippen molar-refractivity contribution in [3.8, 4) is 0 Å². The monoisotopic (exact) mass is 298 g/mol. The number of aryl methyl sites for hydroxylation is 1. The third kappa shape index (κ3) is 4.65. The van der Waals surface area contributed by atoms with Crippen LogP contribution in [0, 0.1) is 11.8 Å². The summed E-state index contributed by atoms with van der Waals surface area (Å²) >= 11 is 3.32. The first-order valence-electron chi connectivity index (χ1n) is 5.47. The molecular formula is C12H15BrN2O2. The van der Waals surface area contributed by atoms with Gasteiger partial charge in [-0.25, -0.2) is 0 Å². The highest BCUT2D eigenvalue weighted by atomic mass is 79.9. The van der Waals surface area contributed by atoms with Gasteiger partial charge in [0.2, 0.25) is 5.91 Å². The second-order valence-electron chi connectivity index (χ2n) is 3.78. The lowest BCUT2D eigenvalue weighted by molar-refractivity contribution is -0.116. The summed E-state index contributed by atoms with van der Waals surface area (Å²) in [6, 6.07) is 4.95. The third-order valence-corrected chi connectivity index (χ3v) is 2.94. The average Bonchev–Trinajstić information content (AvgIpc) is 2.32. The van der Waals surface area contributed by atoms with Crippen molar-refractivity contribution in [3.63, 3.8) is 0 Å². The standard InChI is InChI=1S/C12H15BrN2O2/c1-9-8-10(15-17)5-6-11(9)14-12(16)4-2-3-7-13/h5-6,8H,2-4,7H2,1H3,(H,14,16). The minimum Gasteiger partial charge on any atom is -0.326 e. The van der Waals surface area contributed by atoms with Gasteiger partial charge in [-0.2, -0.15) is 0 Å². The van der Waals surface area contributed by atoms with Crippen molar-refractivity contribution in [2.45, 2.75) is 26.2 Å². The fourth-order valence-corrected chi connectivity index (χ4v) is 1.83. The van der Waals surface area contributed by atoms with Crippen molar-refractivity contribution in [3.05, 3.63) is 28.7 Å². The highest BCUT2D eigenvalue weighted by Gasteiger charge is 2.05. The number of hydrogen-bond acceptors (Lipinski definition) is 3. The van der Waals surface area contributed by atoms with Gasteiger partial charge in [0, 0.05) is 17.4 Å². The first kappa shape index (κ1) is 13.8. The Balaban J connectivity index is 2.56. The Hall–Kier alpha value is -1.23. The van der Waals surface area contributed by atoms with Gasteiger partial charge in [-0.1, -0.05) is 15.9 Å². The van der Waals surface area contributed by atoms with E-state index in [2.05, 4.69) is 26.4 Å². The van der Waals surface area contributed by atoms with E-state index in [4.69, 9.17) is 0 Å². The molecule has 92 valence electrons. The zero-order valence-corrected chi connectivity index (χ0v) is 11.3. The lowest BCUT2D eigenvalue weighted by Crippen LogP contribution is -2.11. The molecule has 5 heteroatoms. The highest BCUT2D eigenvalue weighted by Crippen LogP contribution is 2.21. The molecule has 0 heterocycles. The number of halogens is 1. The fourth-order valence-electron chi connectivity index (χ4n) is 1.44. The molecule has 17 heavy (non-hydrogen) atoms.